The lowest BCUT2D eigenvalue weighted by molar-refractivity contribution is -0.0384. The van der Waals surface area contributed by atoms with Gasteiger partial charge in [-0.1, -0.05) is 6.07 Å². The molecule has 19 heavy (non-hydrogen) atoms. The van der Waals surface area contributed by atoms with Crippen molar-refractivity contribution in [1.29, 1.82) is 0 Å². The Bertz CT molecular complexity index is 544. The molecule has 0 N–H and O–H groups in total. The summed E-state index contributed by atoms with van der Waals surface area (Å²) < 4.78 is 26.3. The molecule has 2 aromatic heterocycles. The molecule has 0 radical (unpaired) electrons. The van der Waals surface area contributed by atoms with Crippen molar-refractivity contribution in [3.63, 3.8) is 0 Å². The molecule has 0 bridgehead atoms. The van der Waals surface area contributed by atoms with Gasteiger partial charge in [0.05, 0.1) is 11.4 Å². The number of hydrogen-bond donors (Lipinski definition) is 0. The quantitative estimate of drug-likeness (QED) is 0.809. The van der Waals surface area contributed by atoms with Gasteiger partial charge in [0.15, 0.2) is 0 Å². The van der Waals surface area contributed by atoms with Gasteiger partial charge in [-0.05, 0) is 25.0 Å². The third kappa shape index (κ3) is 2.81. The van der Waals surface area contributed by atoms with Crippen molar-refractivity contribution in [3.05, 3.63) is 35.5 Å². The van der Waals surface area contributed by atoms with Crippen LogP contribution < -0.4 is 0 Å². The molecule has 2 aromatic rings. The summed E-state index contributed by atoms with van der Waals surface area (Å²) in [6.45, 7) is 0. The number of nitrogens with zero attached hydrogens (tertiary/aromatic N) is 2. The molecule has 5 heteroatoms. The molecule has 0 aromatic carbocycles. The molecule has 2 nitrogen and oxygen atoms in total. The molecule has 100 valence electrons. The molecular weight excluding hydrogens is 266 g/mol. The maximum absolute atomic E-state index is 13.1. The molecule has 1 aliphatic rings. The topological polar surface area (TPSA) is 25.8 Å². The maximum Gasteiger partial charge on any atom is 0.248 e. The number of aromatic nitrogens is 2. The Hall–Kier alpha value is -1.36. The monoisotopic (exact) mass is 280 g/mol. The summed E-state index contributed by atoms with van der Waals surface area (Å²) in [5, 5.41) is 2.85. The van der Waals surface area contributed by atoms with Gasteiger partial charge in [0.25, 0.3) is 0 Å². The van der Waals surface area contributed by atoms with Crippen molar-refractivity contribution >= 4 is 11.3 Å². The Morgan fingerprint density at radius 3 is 2.68 bits per heavy atom. The van der Waals surface area contributed by atoms with Crippen LogP contribution in [0.15, 0.2) is 29.8 Å². The van der Waals surface area contributed by atoms with E-state index in [0.29, 0.717) is 12.8 Å². The average Bonchev–Trinajstić information content (AvgIpc) is 2.89. The van der Waals surface area contributed by atoms with Gasteiger partial charge in [-0.15, -0.1) is 11.3 Å². The molecule has 0 amide bonds. The van der Waals surface area contributed by atoms with Crippen LogP contribution in [0.2, 0.25) is 0 Å². The predicted molar refractivity (Wildman–Crippen MR) is 71.5 cm³/mol. The lowest BCUT2D eigenvalue weighted by Gasteiger charge is -2.27. The molecule has 3 rings (SSSR count). The molecule has 1 saturated carbocycles. The predicted octanol–water partition coefficient (Wildman–Crippen LogP) is 4.50. The van der Waals surface area contributed by atoms with E-state index in [9.17, 15) is 8.78 Å². The molecule has 0 spiro atoms. The van der Waals surface area contributed by atoms with Crippen molar-refractivity contribution in [2.75, 3.05) is 0 Å². The van der Waals surface area contributed by atoms with Crippen LogP contribution in [0, 0.1) is 0 Å². The van der Waals surface area contributed by atoms with E-state index in [-0.39, 0.29) is 18.8 Å². The maximum atomic E-state index is 13.1. The molecule has 0 saturated heterocycles. The number of pyridine rings is 1. The summed E-state index contributed by atoms with van der Waals surface area (Å²) in [4.78, 5) is 8.82. The van der Waals surface area contributed by atoms with Crippen LogP contribution in [0.1, 0.15) is 37.3 Å². The van der Waals surface area contributed by atoms with Gasteiger partial charge in [0, 0.05) is 30.3 Å². The van der Waals surface area contributed by atoms with E-state index in [4.69, 9.17) is 0 Å². The fourth-order valence-corrected chi connectivity index (χ4v) is 3.29. The minimum atomic E-state index is -2.48. The first-order valence-electron chi connectivity index (χ1n) is 6.39. The van der Waals surface area contributed by atoms with Crippen LogP contribution >= 0.6 is 11.3 Å². The Labute approximate surface area is 114 Å². The lowest BCUT2D eigenvalue weighted by atomic mass is 9.85. The first-order valence-corrected chi connectivity index (χ1v) is 7.27. The van der Waals surface area contributed by atoms with Crippen LogP contribution in [0.3, 0.4) is 0 Å². The van der Waals surface area contributed by atoms with Gasteiger partial charge in [-0.25, -0.2) is 13.8 Å². The molecule has 1 aliphatic carbocycles. The standard InChI is InChI=1S/C14H14F2N2S/c15-14(16)6-4-10(5-7-14)12-9-19-13(18-12)11-3-1-2-8-17-11/h1-3,8-10H,4-7H2. The molecule has 1 fully saturated rings. The number of thiazole rings is 1. The zero-order valence-corrected chi connectivity index (χ0v) is 11.2. The zero-order chi connectivity index (χ0) is 13.3. The van der Waals surface area contributed by atoms with Crippen molar-refractivity contribution in [3.8, 4) is 10.7 Å². The lowest BCUT2D eigenvalue weighted by Crippen LogP contribution is -2.23. The number of halogens is 2. The van der Waals surface area contributed by atoms with E-state index < -0.39 is 5.92 Å². The van der Waals surface area contributed by atoms with Gasteiger partial charge in [0.1, 0.15) is 5.01 Å². The van der Waals surface area contributed by atoms with E-state index in [1.807, 2.05) is 23.6 Å². The van der Waals surface area contributed by atoms with E-state index in [0.717, 1.165) is 16.4 Å². The first kappa shape index (κ1) is 12.7. The average molecular weight is 280 g/mol. The second kappa shape index (κ2) is 4.96. The smallest absolute Gasteiger partial charge is 0.248 e. The highest BCUT2D eigenvalue weighted by Gasteiger charge is 2.36. The highest BCUT2D eigenvalue weighted by Crippen LogP contribution is 2.41. The summed E-state index contributed by atoms with van der Waals surface area (Å²) in [5.74, 6) is -2.30. The summed E-state index contributed by atoms with van der Waals surface area (Å²) >= 11 is 1.54. The van der Waals surface area contributed by atoms with E-state index in [2.05, 4.69) is 9.97 Å². The fourth-order valence-electron chi connectivity index (χ4n) is 2.42. The van der Waals surface area contributed by atoms with Crippen molar-refractivity contribution < 1.29 is 8.78 Å². The molecule has 0 atom stereocenters. The molecular formula is C14H14F2N2S. The van der Waals surface area contributed by atoms with Gasteiger partial charge in [-0.2, -0.15) is 0 Å². The van der Waals surface area contributed by atoms with Crippen LogP contribution in [-0.4, -0.2) is 15.9 Å². The van der Waals surface area contributed by atoms with Gasteiger partial charge in [0.2, 0.25) is 5.92 Å². The Kier molecular flexibility index (Phi) is 3.31. The second-order valence-electron chi connectivity index (χ2n) is 4.92. The summed E-state index contributed by atoms with van der Waals surface area (Å²) in [6.07, 6.45) is 2.75. The molecule has 0 unspecified atom stereocenters. The summed E-state index contributed by atoms with van der Waals surface area (Å²) in [6, 6.07) is 5.70. The largest absolute Gasteiger partial charge is 0.254 e. The SMILES string of the molecule is FC1(F)CCC(c2csc(-c3ccccn3)n2)CC1. The van der Waals surface area contributed by atoms with Crippen molar-refractivity contribution in [1.82, 2.24) is 9.97 Å². The van der Waals surface area contributed by atoms with Gasteiger partial charge < -0.3 is 0 Å². The van der Waals surface area contributed by atoms with E-state index in [1.165, 1.54) is 11.3 Å². The fraction of sp³-hybridized carbons (Fsp3) is 0.429. The third-order valence-electron chi connectivity index (χ3n) is 3.54. The van der Waals surface area contributed by atoms with Crippen molar-refractivity contribution in [2.45, 2.75) is 37.5 Å². The number of hydrogen-bond acceptors (Lipinski definition) is 3. The summed E-state index contributed by atoms with van der Waals surface area (Å²) in [5.41, 5.74) is 1.79. The highest BCUT2D eigenvalue weighted by molar-refractivity contribution is 7.13. The minimum absolute atomic E-state index is 0.0197. The molecule has 0 aliphatic heterocycles. The summed E-state index contributed by atoms with van der Waals surface area (Å²) in [7, 11) is 0. The Morgan fingerprint density at radius 1 is 1.21 bits per heavy atom. The number of rotatable bonds is 2. The van der Waals surface area contributed by atoms with Gasteiger partial charge in [-0.3, -0.25) is 4.98 Å². The van der Waals surface area contributed by atoms with Gasteiger partial charge >= 0.3 is 0 Å². The van der Waals surface area contributed by atoms with Crippen LogP contribution in [0.4, 0.5) is 8.78 Å². The van der Waals surface area contributed by atoms with E-state index in [1.54, 1.807) is 6.20 Å². The van der Waals surface area contributed by atoms with Crippen LogP contribution in [0.5, 0.6) is 0 Å². The van der Waals surface area contributed by atoms with E-state index >= 15 is 0 Å². The first-order chi connectivity index (χ1) is 9.14. The van der Waals surface area contributed by atoms with Crippen LogP contribution in [0.25, 0.3) is 10.7 Å². The highest BCUT2D eigenvalue weighted by atomic mass is 32.1. The zero-order valence-electron chi connectivity index (χ0n) is 10.4. The minimum Gasteiger partial charge on any atom is -0.254 e. The normalized spacial score (nSPS) is 19.5. The van der Waals surface area contributed by atoms with Crippen LogP contribution in [-0.2, 0) is 0 Å². The third-order valence-corrected chi connectivity index (χ3v) is 4.42. The molecule has 2 heterocycles. The second-order valence-corrected chi connectivity index (χ2v) is 5.78. The Morgan fingerprint density at radius 2 is 2.00 bits per heavy atom. The van der Waals surface area contributed by atoms with Crippen molar-refractivity contribution in [2.24, 2.45) is 0 Å². The Balaban J connectivity index is 1.76. The number of alkyl halides is 2.